The van der Waals surface area contributed by atoms with Gasteiger partial charge in [-0.3, -0.25) is 0 Å². The Morgan fingerprint density at radius 3 is 2.74 bits per heavy atom. The lowest BCUT2D eigenvalue weighted by Crippen LogP contribution is -2.35. The van der Waals surface area contributed by atoms with Crippen molar-refractivity contribution < 1.29 is 23.8 Å². The summed E-state index contributed by atoms with van der Waals surface area (Å²) in [7, 11) is 1.50. The highest BCUT2D eigenvalue weighted by Gasteiger charge is 2.30. The summed E-state index contributed by atoms with van der Waals surface area (Å²) in [5.41, 5.74) is -0.928. The zero-order valence-electron chi connectivity index (χ0n) is 12.8. The van der Waals surface area contributed by atoms with E-state index >= 15 is 0 Å². The summed E-state index contributed by atoms with van der Waals surface area (Å²) in [4.78, 5) is 11.6. The molecule has 0 aliphatic carbocycles. The molecule has 1 heterocycles. The first-order valence-corrected chi connectivity index (χ1v) is 7.08. The summed E-state index contributed by atoms with van der Waals surface area (Å²) in [5, 5.41) is 13.4. The molecule has 0 amide bonds. The van der Waals surface area contributed by atoms with Crippen molar-refractivity contribution in [3.8, 4) is 11.5 Å². The predicted octanol–water partition coefficient (Wildman–Crippen LogP) is 3.55. The van der Waals surface area contributed by atoms with E-state index in [-0.39, 0.29) is 28.8 Å². The van der Waals surface area contributed by atoms with E-state index in [9.17, 15) is 14.3 Å². The molecule has 1 aromatic carbocycles. The van der Waals surface area contributed by atoms with Crippen LogP contribution in [0.2, 0.25) is 5.02 Å². The summed E-state index contributed by atoms with van der Waals surface area (Å²) >= 11 is 5.69. The monoisotopic (exact) mass is 342 g/mol. The first kappa shape index (κ1) is 17.2. The second-order valence-electron chi connectivity index (χ2n) is 5.47. The molecule has 0 aliphatic heterocycles. The van der Waals surface area contributed by atoms with E-state index in [1.54, 1.807) is 13.8 Å². The van der Waals surface area contributed by atoms with E-state index in [0.29, 0.717) is 0 Å². The molecular formula is C15H16ClFN2O4. The van der Waals surface area contributed by atoms with E-state index in [2.05, 4.69) is 5.10 Å². The van der Waals surface area contributed by atoms with E-state index < -0.39 is 17.3 Å². The van der Waals surface area contributed by atoms with Crippen LogP contribution < -0.4 is 4.74 Å². The summed E-state index contributed by atoms with van der Waals surface area (Å²) in [5.74, 6) is -2.27. The quantitative estimate of drug-likeness (QED) is 0.869. The van der Waals surface area contributed by atoms with Crippen LogP contribution in [-0.4, -0.2) is 34.6 Å². The normalized spacial score (nSPS) is 11.5. The maximum absolute atomic E-state index is 13.9. The molecular weight excluding hydrogens is 327 g/mol. The van der Waals surface area contributed by atoms with Crippen molar-refractivity contribution in [3.63, 3.8) is 0 Å². The Kier molecular flexibility index (Phi) is 4.91. The molecule has 8 heteroatoms. The third-order valence-corrected chi connectivity index (χ3v) is 3.44. The van der Waals surface area contributed by atoms with Gasteiger partial charge in [0.2, 0.25) is 0 Å². The fraction of sp³-hybridized carbons (Fsp3) is 0.333. The third kappa shape index (κ3) is 3.46. The molecule has 0 fully saturated rings. The van der Waals surface area contributed by atoms with Crippen LogP contribution in [0.3, 0.4) is 0 Å². The Balaban J connectivity index is 2.46. The minimum absolute atomic E-state index is 0.0807. The van der Waals surface area contributed by atoms with Gasteiger partial charge in [-0.25, -0.2) is 13.9 Å². The molecule has 0 atom stereocenters. The molecule has 0 unspecified atom stereocenters. The molecule has 0 radical (unpaired) electrons. The van der Waals surface area contributed by atoms with E-state index in [0.717, 1.165) is 0 Å². The van der Waals surface area contributed by atoms with Gasteiger partial charge in [0.25, 0.3) is 0 Å². The molecule has 23 heavy (non-hydrogen) atoms. The number of benzene rings is 1. The van der Waals surface area contributed by atoms with Crippen molar-refractivity contribution >= 4 is 17.6 Å². The zero-order chi connectivity index (χ0) is 17.2. The molecule has 2 aromatic rings. The van der Waals surface area contributed by atoms with Crippen molar-refractivity contribution in [1.82, 2.24) is 9.78 Å². The number of halogens is 2. The maximum atomic E-state index is 13.9. The van der Waals surface area contributed by atoms with Crippen molar-refractivity contribution in [3.05, 3.63) is 40.9 Å². The number of aromatic carboxylic acids is 1. The number of carbonyl (C=O) groups is 1. The van der Waals surface area contributed by atoms with Crippen molar-refractivity contribution in [2.45, 2.75) is 19.4 Å². The zero-order valence-corrected chi connectivity index (χ0v) is 13.6. The predicted molar refractivity (Wildman–Crippen MR) is 81.9 cm³/mol. The number of methoxy groups -OCH3 is 1. The molecule has 0 aliphatic rings. The third-order valence-electron chi connectivity index (χ3n) is 3.15. The average Bonchev–Trinajstić information content (AvgIpc) is 2.88. The minimum Gasteiger partial charge on any atom is -0.476 e. The summed E-state index contributed by atoms with van der Waals surface area (Å²) in [6.45, 7) is 3.76. The van der Waals surface area contributed by atoms with Crippen LogP contribution in [0.5, 0.6) is 11.5 Å². The van der Waals surface area contributed by atoms with Gasteiger partial charge in [-0.15, -0.1) is 0 Å². The molecule has 1 aromatic heterocycles. The standard InChI is InChI=1S/C15H16ClFN2O4/c1-15(2,8-22-3)19-13(14(20)21)11(7-18-19)23-10-6-4-5-9(16)12(10)17/h4-7H,8H2,1-3H3,(H,20,21). The Bertz CT molecular complexity index is 730. The Morgan fingerprint density at radius 2 is 2.13 bits per heavy atom. The highest BCUT2D eigenvalue weighted by molar-refractivity contribution is 6.30. The fourth-order valence-electron chi connectivity index (χ4n) is 2.16. The van der Waals surface area contributed by atoms with Crippen LogP contribution in [-0.2, 0) is 10.3 Å². The number of carboxylic acids is 1. The number of ether oxygens (including phenoxy) is 2. The van der Waals surface area contributed by atoms with Crippen LogP contribution in [0.1, 0.15) is 24.3 Å². The van der Waals surface area contributed by atoms with Gasteiger partial charge in [0, 0.05) is 7.11 Å². The Morgan fingerprint density at radius 1 is 1.43 bits per heavy atom. The lowest BCUT2D eigenvalue weighted by atomic mass is 10.1. The van der Waals surface area contributed by atoms with Crippen molar-refractivity contribution in [2.75, 3.05) is 13.7 Å². The lowest BCUT2D eigenvalue weighted by Gasteiger charge is -2.25. The van der Waals surface area contributed by atoms with Crippen LogP contribution in [0.4, 0.5) is 4.39 Å². The van der Waals surface area contributed by atoms with Gasteiger partial charge in [-0.2, -0.15) is 5.10 Å². The number of rotatable bonds is 6. The minimum atomic E-state index is -1.25. The van der Waals surface area contributed by atoms with Crippen molar-refractivity contribution in [2.24, 2.45) is 0 Å². The first-order chi connectivity index (χ1) is 10.8. The molecule has 0 saturated heterocycles. The molecule has 6 nitrogen and oxygen atoms in total. The fourth-order valence-corrected chi connectivity index (χ4v) is 2.32. The van der Waals surface area contributed by atoms with E-state index in [1.807, 2.05) is 0 Å². The number of hydrogen-bond donors (Lipinski definition) is 1. The maximum Gasteiger partial charge on any atom is 0.358 e. The molecule has 0 bridgehead atoms. The highest BCUT2D eigenvalue weighted by Crippen LogP contribution is 2.32. The Hall–Kier alpha value is -2.12. The topological polar surface area (TPSA) is 73.6 Å². The van der Waals surface area contributed by atoms with Gasteiger partial charge in [0.05, 0.1) is 23.4 Å². The SMILES string of the molecule is COCC(C)(C)n1ncc(Oc2cccc(Cl)c2F)c1C(=O)O. The van der Waals surface area contributed by atoms with Crippen molar-refractivity contribution in [1.29, 1.82) is 0 Å². The van der Waals surface area contributed by atoms with Crippen LogP contribution in [0, 0.1) is 5.82 Å². The number of carboxylic acid groups (broad SMARTS) is 1. The Labute approximate surface area is 137 Å². The van der Waals surface area contributed by atoms with Gasteiger partial charge in [-0.1, -0.05) is 17.7 Å². The second kappa shape index (κ2) is 6.55. The van der Waals surface area contributed by atoms with Gasteiger partial charge >= 0.3 is 5.97 Å². The van der Waals surface area contributed by atoms with Gasteiger partial charge in [0.15, 0.2) is 23.0 Å². The summed E-state index contributed by atoms with van der Waals surface area (Å²) in [6, 6.07) is 4.22. The lowest BCUT2D eigenvalue weighted by molar-refractivity contribution is 0.0636. The second-order valence-corrected chi connectivity index (χ2v) is 5.88. The van der Waals surface area contributed by atoms with Gasteiger partial charge in [0.1, 0.15) is 0 Å². The van der Waals surface area contributed by atoms with E-state index in [1.165, 1.54) is 36.2 Å². The largest absolute Gasteiger partial charge is 0.476 e. The molecule has 2 rings (SSSR count). The summed E-state index contributed by atoms with van der Waals surface area (Å²) in [6.07, 6.45) is 1.22. The highest BCUT2D eigenvalue weighted by atomic mass is 35.5. The molecule has 0 saturated carbocycles. The van der Waals surface area contributed by atoms with Gasteiger partial charge < -0.3 is 14.6 Å². The smallest absolute Gasteiger partial charge is 0.358 e. The molecule has 124 valence electrons. The van der Waals surface area contributed by atoms with Gasteiger partial charge in [-0.05, 0) is 26.0 Å². The van der Waals surface area contributed by atoms with E-state index in [4.69, 9.17) is 21.1 Å². The molecule has 0 spiro atoms. The number of nitrogens with zero attached hydrogens (tertiary/aromatic N) is 2. The molecule has 1 N–H and O–H groups in total. The average molecular weight is 343 g/mol. The summed E-state index contributed by atoms with van der Waals surface area (Å²) < 4.78 is 25.7. The number of hydrogen-bond acceptors (Lipinski definition) is 4. The van der Waals surface area contributed by atoms with Crippen LogP contribution in [0.25, 0.3) is 0 Å². The number of aromatic nitrogens is 2. The van der Waals surface area contributed by atoms with Crippen LogP contribution in [0.15, 0.2) is 24.4 Å². The van der Waals surface area contributed by atoms with Crippen LogP contribution >= 0.6 is 11.6 Å². The first-order valence-electron chi connectivity index (χ1n) is 6.70.